The SMILES string of the molecule is CCc1ccc(C(=O)O)c(NC(=O)OC(C)(C)C)c1[N+](=O)[O-]. The van der Waals surface area contributed by atoms with E-state index >= 15 is 0 Å². The Labute approximate surface area is 127 Å². The Kier molecular flexibility index (Phi) is 5.08. The van der Waals surface area contributed by atoms with Gasteiger partial charge in [-0.2, -0.15) is 0 Å². The average molecular weight is 310 g/mol. The Bertz CT molecular complexity index is 618. The molecule has 1 amide bonds. The molecular formula is C14H18N2O6. The van der Waals surface area contributed by atoms with E-state index in [-0.39, 0.29) is 11.3 Å². The van der Waals surface area contributed by atoms with E-state index in [1.54, 1.807) is 27.7 Å². The number of rotatable bonds is 4. The summed E-state index contributed by atoms with van der Waals surface area (Å²) in [7, 11) is 0. The number of aromatic carboxylic acids is 1. The summed E-state index contributed by atoms with van der Waals surface area (Å²) in [6.07, 6.45) is -0.634. The van der Waals surface area contributed by atoms with Crippen molar-refractivity contribution in [2.45, 2.75) is 39.7 Å². The second-order valence-electron chi connectivity index (χ2n) is 5.54. The summed E-state index contributed by atoms with van der Waals surface area (Å²) in [5, 5.41) is 22.6. The average Bonchev–Trinajstić information content (AvgIpc) is 2.34. The molecule has 0 saturated heterocycles. The summed E-state index contributed by atoms with van der Waals surface area (Å²) in [5.41, 5.74) is -1.67. The number of carboxylic acid groups (broad SMARTS) is 1. The van der Waals surface area contributed by atoms with Crippen LogP contribution in [0.4, 0.5) is 16.2 Å². The van der Waals surface area contributed by atoms with Crippen molar-refractivity contribution >= 4 is 23.4 Å². The number of benzene rings is 1. The summed E-state index contributed by atoms with van der Waals surface area (Å²) in [5.74, 6) is -1.38. The maximum Gasteiger partial charge on any atom is 0.412 e. The van der Waals surface area contributed by atoms with Gasteiger partial charge >= 0.3 is 12.1 Å². The largest absolute Gasteiger partial charge is 0.478 e. The number of carboxylic acids is 1. The summed E-state index contributed by atoms with van der Waals surface area (Å²) in [6.45, 7) is 6.57. The van der Waals surface area contributed by atoms with E-state index in [4.69, 9.17) is 9.84 Å². The third kappa shape index (κ3) is 4.18. The van der Waals surface area contributed by atoms with E-state index in [1.165, 1.54) is 12.1 Å². The fourth-order valence-electron chi connectivity index (χ4n) is 1.84. The Morgan fingerprint density at radius 3 is 2.36 bits per heavy atom. The van der Waals surface area contributed by atoms with Crippen molar-refractivity contribution < 1.29 is 24.4 Å². The van der Waals surface area contributed by atoms with Crippen LogP contribution >= 0.6 is 0 Å². The van der Waals surface area contributed by atoms with Crippen LogP contribution in [0.3, 0.4) is 0 Å². The third-order valence-electron chi connectivity index (χ3n) is 2.68. The second kappa shape index (κ2) is 6.42. The number of carbonyl (C=O) groups is 2. The Hall–Kier alpha value is -2.64. The van der Waals surface area contributed by atoms with E-state index in [0.29, 0.717) is 12.0 Å². The minimum Gasteiger partial charge on any atom is -0.478 e. The number of nitro benzene ring substituents is 1. The minimum atomic E-state index is -1.38. The zero-order valence-electron chi connectivity index (χ0n) is 12.8. The number of amides is 1. The van der Waals surface area contributed by atoms with Crippen molar-refractivity contribution in [3.63, 3.8) is 0 Å². The lowest BCUT2D eigenvalue weighted by Gasteiger charge is -2.20. The van der Waals surface area contributed by atoms with Gasteiger partial charge in [-0.1, -0.05) is 13.0 Å². The number of carbonyl (C=O) groups excluding carboxylic acids is 1. The predicted molar refractivity (Wildman–Crippen MR) is 79.3 cm³/mol. The zero-order valence-corrected chi connectivity index (χ0v) is 12.8. The van der Waals surface area contributed by atoms with Gasteiger partial charge in [0.15, 0.2) is 0 Å². The summed E-state index contributed by atoms with van der Waals surface area (Å²) in [4.78, 5) is 33.6. The van der Waals surface area contributed by atoms with Crippen LogP contribution < -0.4 is 5.32 Å². The van der Waals surface area contributed by atoms with Gasteiger partial charge in [0.05, 0.1) is 10.5 Å². The highest BCUT2D eigenvalue weighted by atomic mass is 16.6. The molecule has 0 atom stereocenters. The number of nitrogens with zero attached hydrogens (tertiary/aromatic N) is 1. The number of nitrogens with one attached hydrogen (secondary N) is 1. The smallest absolute Gasteiger partial charge is 0.412 e. The summed E-state index contributed by atoms with van der Waals surface area (Å²) < 4.78 is 5.02. The lowest BCUT2D eigenvalue weighted by molar-refractivity contribution is -0.384. The minimum absolute atomic E-state index is 0.319. The van der Waals surface area contributed by atoms with E-state index < -0.39 is 28.3 Å². The normalized spacial score (nSPS) is 10.9. The number of anilines is 1. The Balaban J connectivity index is 3.38. The molecule has 0 aliphatic rings. The molecule has 0 bridgehead atoms. The van der Waals surface area contributed by atoms with Crippen LogP contribution in [0, 0.1) is 10.1 Å². The lowest BCUT2D eigenvalue weighted by atomic mass is 10.0. The molecule has 0 spiro atoms. The Morgan fingerprint density at radius 2 is 1.95 bits per heavy atom. The molecule has 0 aromatic heterocycles. The molecule has 1 aromatic carbocycles. The van der Waals surface area contributed by atoms with E-state index in [1.807, 2.05) is 0 Å². The molecule has 0 saturated carbocycles. The van der Waals surface area contributed by atoms with Gasteiger partial charge in [-0.25, -0.2) is 9.59 Å². The number of hydrogen-bond acceptors (Lipinski definition) is 5. The molecule has 120 valence electrons. The summed E-state index contributed by atoms with van der Waals surface area (Å²) in [6, 6.07) is 2.59. The van der Waals surface area contributed by atoms with Crippen LogP contribution in [0.5, 0.6) is 0 Å². The highest BCUT2D eigenvalue weighted by Gasteiger charge is 2.28. The van der Waals surface area contributed by atoms with Gasteiger partial charge in [0.2, 0.25) is 0 Å². The first-order valence-corrected chi connectivity index (χ1v) is 6.60. The second-order valence-corrected chi connectivity index (χ2v) is 5.54. The van der Waals surface area contributed by atoms with Crippen molar-refractivity contribution in [3.8, 4) is 0 Å². The predicted octanol–water partition coefficient (Wildman–Crippen LogP) is 3.20. The maximum atomic E-state index is 11.8. The molecule has 2 N–H and O–H groups in total. The van der Waals surface area contributed by atoms with Gasteiger partial charge < -0.3 is 9.84 Å². The number of aryl methyl sites for hydroxylation is 1. The van der Waals surface area contributed by atoms with E-state index in [9.17, 15) is 19.7 Å². The molecule has 0 heterocycles. The van der Waals surface area contributed by atoms with Crippen LogP contribution in [0.2, 0.25) is 0 Å². The van der Waals surface area contributed by atoms with Crippen LogP contribution in [0.15, 0.2) is 12.1 Å². The number of nitro groups is 1. The lowest BCUT2D eigenvalue weighted by Crippen LogP contribution is -2.28. The number of hydrogen-bond donors (Lipinski definition) is 2. The molecule has 1 aromatic rings. The van der Waals surface area contributed by atoms with E-state index in [2.05, 4.69) is 5.32 Å². The molecule has 8 heteroatoms. The summed E-state index contributed by atoms with van der Waals surface area (Å²) >= 11 is 0. The molecule has 0 radical (unpaired) electrons. The van der Waals surface area contributed by atoms with Gasteiger partial charge in [-0.05, 0) is 33.3 Å². The first kappa shape index (κ1) is 17.4. The topological polar surface area (TPSA) is 119 Å². The molecule has 0 aliphatic carbocycles. The van der Waals surface area contributed by atoms with Crippen molar-refractivity contribution in [1.29, 1.82) is 0 Å². The molecule has 22 heavy (non-hydrogen) atoms. The molecule has 1 rings (SSSR count). The van der Waals surface area contributed by atoms with Crippen LogP contribution in [-0.2, 0) is 11.2 Å². The van der Waals surface area contributed by atoms with E-state index in [0.717, 1.165) is 0 Å². The third-order valence-corrected chi connectivity index (χ3v) is 2.68. The molecule has 0 fully saturated rings. The highest BCUT2D eigenvalue weighted by Crippen LogP contribution is 2.33. The first-order chi connectivity index (χ1) is 10.1. The molecule has 8 nitrogen and oxygen atoms in total. The Morgan fingerprint density at radius 1 is 1.36 bits per heavy atom. The quantitative estimate of drug-likeness (QED) is 0.651. The van der Waals surface area contributed by atoms with Gasteiger partial charge in [0, 0.05) is 5.56 Å². The fourth-order valence-corrected chi connectivity index (χ4v) is 1.84. The standard InChI is InChI=1S/C14H18N2O6/c1-5-8-6-7-9(12(17)18)10(11(8)16(20)21)15-13(19)22-14(2,3)4/h6-7H,5H2,1-4H3,(H,15,19)(H,17,18). The van der Waals surface area contributed by atoms with Gasteiger partial charge in [-0.3, -0.25) is 15.4 Å². The molecule has 0 aliphatic heterocycles. The monoisotopic (exact) mass is 310 g/mol. The van der Waals surface area contributed by atoms with Crippen molar-refractivity contribution in [2.75, 3.05) is 5.32 Å². The molecular weight excluding hydrogens is 292 g/mol. The first-order valence-electron chi connectivity index (χ1n) is 6.60. The van der Waals surface area contributed by atoms with Crippen molar-refractivity contribution in [2.24, 2.45) is 0 Å². The maximum absolute atomic E-state index is 11.8. The number of ether oxygens (including phenoxy) is 1. The fraction of sp³-hybridized carbons (Fsp3) is 0.429. The van der Waals surface area contributed by atoms with Crippen LogP contribution in [0.25, 0.3) is 0 Å². The van der Waals surface area contributed by atoms with Crippen molar-refractivity contribution in [1.82, 2.24) is 0 Å². The van der Waals surface area contributed by atoms with Crippen molar-refractivity contribution in [3.05, 3.63) is 33.4 Å². The van der Waals surface area contributed by atoms with Crippen LogP contribution in [0.1, 0.15) is 43.6 Å². The van der Waals surface area contributed by atoms with Gasteiger partial charge in [-0.15, -0.1) is 0 Å². The highest BCUT2D eigenvalue weighted by molar-refractivity contribution is 6.02. The van der Waals surface area contributed by atoms with Gasteiger partial charge in [0.25, 0.3) is 5.69 Å². The van der Waals surface area contributed by atoms with Gasteiger partial charge in [0.1, 0.15) is 11.3 Å². The molecule has 0 unspecified atom stereocenters. The van der Waals surface area contributed by atoms with Crippen LogP contribution in [-0.4, -0.2) is 27.7 Å². The zero-order chi connectivity index (χ0) is 17.1.